The van der Waals surface area contributed by atoms with Crippen molar-refractivity contribution >= 4 is 29.0 Å². The first kappa shape index (κ1) is 20.8. The molecule has 1 fully saturated rings. The van der Waals surface area contributed by atoms with Gasteiger partial charge >= 0.3 is 5.91 Å². The zero-order valence-corrected chi connectivity index (χ0v) is 17.0. The van der Waals surface area contributed by atoms with Crippen LogP contribution in [0.1, 0.15) is 22.9 Å². The number of aromatic nitrogens is 1. The van der Waals surface area contributed by atoms with Crippen molar-refractivity contribution in [2.75, 3.05) is 12.0 Å². The number of aliphatic hydroxyl groups excluding tert-OH is 1. The summed E-state index contributed by atoms with van der Waals surface area (Å²) in [5.41, 5.74) is 0.305. The highest BCUT2D eigenvalue weighted by Crippen LogP contribution is 2.42. The first-order valence-corrected chi connectivity index (χ1v) is 9.45. The zero-order chi connectivity index (χ0) is 23.0. The fourth-order valence-electron chi connectivity index (χ4n) is 3.56. The van der Waals surface area contributed by atoms with Crippen LogP contribution in [0.15, 0.2) is 64.7 Å². The van der Waals surface area contributed by atoms with Gasteiger partial charge in [0, 0.05) is 23.8 Å². The number of anilines is 1. The van der Waals surface area contributed by atoms with Crippen LogP contribution < -0.4 is 9.64 Å². The Hall–Kier alpha value is -4.47. The van der Waals surface area contributed by atoms with E-state index in [-0.39, 0.29) is 22.6 Å². The van der Waals surface area contributed by atoms with E-state index in [1.54, 1.807) is 25.1 Å². The van der Waals surface area contributed by atoms with E-state index in [1.807, 2.05) is 0 Å². The molecule has 0 spiro atoms. The van der Waals surface area contributed by atoms with Crippen molar-refractivity contribution in [3.63, 3.8) is 0 Å². The van der Waals surface area contributed by atoms with E-state index < -0.39 is 28.4 Å². The largest absolute Gasteiger partial charge is 0.507 e. The molecule has 0 saturated carbocycles. The van der Waals surface area contributed by atoms with Crippen molar-refractivity contribution in [2.45, 2.75) is 13.0 Å². The molecule has 1 aliphatic heterocycles. The number of aryl methyl sites for hydroxylation is 1. The SMILES string of the molecule is COc1cccc(C(O)=C2C(=O)C(=O)N(c3cc(C)on3)[C@H]2c2ccc([N+](=O)[O-])cc2)c1. The minimum Gasteiger partial charge on any atom is -0.507 e. The number of hydrogen-bond acceptors (Lipinski definition) is 8. The van der Waals surface area contributed by atoms with Crippen LogP contribution in [0.5, 0.6) is 5.75 Å². The lowest BCUT2D eigenvalue weighted by Gasteiger charge is -2.22. The summed E-state index contributed by atoms with van der Waals surface area (Å²) in [5, 5.41) is 25.9. The van der Waals surface area contributed by atoms with E-state index in [2.05, 4.69) is 5.16 Å². The number of Topliss-reactive ketones (excluding diaryl/α,β-unsaturated/α-hetero) is 1. The Morgan fingerprint density at radius 3 is 2.50 bits per heavy atom. The van der Waals surface area contributed by atoms with Crippen molar-refractivity contribution < 1.29 is 28.9 Å². The van der Waals surface area contributed by atoms with Crippen molar-refractivity contribution in [3.05, 3.63) is 87.2 Å². The lowest BCUT2D eigenvalue weighted by atomic mass is 9.95. The van der Waals surface area contributed by atoms with Gasteiger partial charge in [0.1, 0.15) is 17.3 Å². The van der Waals surface area contributed by atoms with Crippen molar-refractivity contribution in [2.24, 2.45) is 0 Å². The summed E-state index contributed by atoms with van der Waals surface area (Å²) in [6, 6.07) is 12.2. The molecular weight excluding hydrogens is 418 g/mol. The minimum absolute atomic E-state index is 0.0812. The summed E-state index contributed by atoms with van der Waals surface area (Å²) >= 11 is 0. The molecule has 1 aliphatic rings. The van der Waals surface area contributed by atoms with E-state index in [0.29, 0.717) is 17.1 Å². The molecule has 1 amide bonds. The van der Waals surface area contributed by atoms with E-state index >= 15 is 0 Å². The average Bonchev–Trinajstić information content (AvgIpc) is 3.34. The third-order valence-electron chi connectivity index (χ3n) is 5.07. The van der Waals surface area contributed by atoms with Crippen LogP contribution in [0, 0.1) is 17.0 Å². The molecule has 1 N–H and O–H groups in total. The smallest absolute Gasteiger partial charge is 0.301 e. The average molecular weight is 435 g/mol. The van der Waals surface area contributed by atoms with Crippen molar-refractivity contribution in [1.29, 1.82) is 0 Å². The summed E-state index contributed by atoms with van der Waals surface area (Å²) in [5.74, 6) is -1.30. The standard InChI is InChI=1S/C22H17N3O7/c1-12-10-17(23-32-12)24-19(13-6-8-15(9-7-13)25(29)30)18(21(27)22(24)28)20(26)14-4-3-5-16(11-14)31-2/h3-11,19,26H,1-2H3/t19-/m0/s1. The number of amides is 1. The maximum absolute atomic E-state index is 13.0. The number of rotatable bonds is 5. The number of hydrogen-bond donors (Lipinski definition) is 1. The molecule has 10 nitrogen and oxygen atoms in total. The number of methoxy groups -OCH3 is 1. The second kappa shape index (κ2) is 7.99. The maximum atomic E-state index is 13.0. The molecule has 2 aromatic carbocycles. The van der Waals surface area contributed by atoms with Gasteiger partial charge in [-0.15, -0.1) is 0 Å². The van der Waals surface area contributed by atoms with Gasteiger partial charge in [0.05, 0.1) is 23.6 Å². The molecule has 3 aromatic rings. The Balaban J connectivity index is 1.93. The molecule has 162 valence electrons. The van der Waals surface area contributed by atoms with E-state index in [9.17, 15) is 24.8 Å². The summed E-state index contributed by atoms with van der Waals surface area (Å²) in [7, 11) is 1.46. The van der Waals surface area contributed by atoms with Crippen molar-refractivity contribution in [3.8, 4) is 5.75 Å². The zero-order valence-electron chi connectivity index (χ0n) is 17.0. The monoisotopic (exact) mass is 435 g/mol. The highest BCUT2D eigenvalue weighted by Gasteiger charge is 2.48. The van der Waals surface area contributed by atoms with Gasteiger partial charge in [0.25, 0.3) is 11.5 Å². The predicted molar refractivity (Wildman–Crippen MR) is 112 cm³/mol. The maximum Gasteiger partial charge on any atom is 0.301 e. The molecule has 1 saturated heterocycles. The van der Waals surface area contributed by atoms with E-state index in [1.165, 1.54) is 43.5 Å². The minimum atomic E-state index is -1.08. The third kappa shape index (κ3) is 3.47. The fourth-order valence-corrected chi connectivity index (χ4v) is 3.56. The Labute approximate surface area is 181 Å². The van der Waals surface area contributed by atoms with Crippen molar-refractivity contribution in [1.82, 2.24) is 5.16 Å². The van der Waals surface area contributed by atoms with Crippen LogP contribution in [0.2, 0.25) is 0 Å². The lowest BCUT2D eigenvalue weighted by molar-refractivity contribution is -0.384. The molecule has 4 rings (SSSR count). The number of nitrogens with zero attached hydrogens (tertiary/aromatic N) is 3. The molecule has 0 aliphatic carbocycles. The number of nitro groups is 1. The van der Waals surface area contributed by atoms with Crippen LogP contribution in [0.3, 0.4) is 0 Å². The van der Waals surface area contributed by atoms with Gasteiger partial charge in [-0.05, 0) is 36.8 Å². The Morgan fingerprint density at radius 2 is 1.91 bits per heavy atom. The molecule has 1 aromatic heterocycles. The quantitative estimate of drug-likeness (QED) is 0.211. The fraction of sp³-hybridized carbons (Fsp3) is 0.136. The number of carbonyl (C=O) groups is 2. The third-order valence-corrected chi connectivity index (χ3v) is 5.07. The van der Waals surface area contributed by atoms with Crippen LogP contribution in [-0.2, 0) is 9.59 Å². The van der Waals surface area contributed by atoms with Gasteiger partial charge in [0.2, 0.25) is 0 Å². The molecular formula is C22H17N3O7. The second-order valence-corrected chi connectivity index (χ2v) is 7.05. The van der Waals surface area contributed by atoms with E-state index in [0.717, 1.165) is 4.90 Å². The normalized spacial score (nSPS) is 17.6. The lowest BCUT2D eigenvalue weighted by Crippen LogP contribution is -2.29. The topological polar surface area (TPSA) is 136 Å². The molecule has 0 radical (unpaired) electrons. The highest BCUT2D eigenvalue weighted by molar-refractivity contribution is 6.51. The summed E-state index contributed by atoms with van der Waals surface area (Å²) in [6.45, 7) is 1.63. The molecule has 1 atom stereocenters. The van der Waals surface area contributed by atoms with Gasteiger partial charge in [-0.25, -0.2) is 0 Å². The highest BCUT2D eigenvalue weighted by atomic mass is 16.6. The predicted octanol–water partition coefficient (Wildman–Crippen LogP) is 3.53. The summed E-state index contributed by atoms with van der Waals surface area (Å²) in [4.78, 5) is 37.6. The molecule has 2 heterocycles. The summed E-state index contributed by atoms with van der Waals surface area (Å²) < 4.78 is 10.2. The van der Waals surface area contributed by atoms with Gasteiger partial charge in [0.15, 0.2) is 5.82 Å². The number of benzene rings is 2. The Kier molecular flexibility index (Phi) is 5.19. The Bertz CT molecular complexity index is 1260. The molecule has 0 unspecified atom stereocenters. The van der Waals surface area contributed by atoms with Gasteiger partial charge in [-0.2, -0.15) is 0 Å². The second-order valence-electron chi connectivity index (χ2n) is 7.05. The molecule has 10 heteroatoms. The number of carbonyl (C=O) groups excluding carboxylic acids is 2. The number of ketones is 1. The van der Waals surface area contributed by atoms with Gasteiger partial charge in [-0.3, -0.25) is 24.6 Å². The molecule has 32 heavy (non-hydrogen) atoms. The first-order chi connectivity index (χ1) is 15.3. The van der Waals surface area contributed by atoms with Crippen LogP contribution in [-0.4, -0.2) is 34.0 Å². The van der Waals surface area contributed by atoms with E-state index in [4.69, 9.17) is 9.26 Å². The summed E-state index contributed by atoms with van der Waals surface area (Å²) in [6.07, 6.45) is 0. The number of nitro benzene ring substituents is 1. The van der Waals surface area contributed by atoms with Crippen LogP contribution >= 0.6 is 0 Å². The number of aliphatic hydroxyl groups is 1. The van der Waals surface area contributed by atoms with Crippen LogP contribution in [0.25, 0.3) is 5.76 Å². The number of non-ortho nitro benzene ring substituents is 1. The first-order valence-electron chi connectivity index (χ1n) is 9.45. The van der Waals surface area contributed by atoms with Crippen LogP contribution in [0.4, 0.5) is 11.5 Å². The number of ether oxygens (including phenoxy) is 1. The molecule has 0 bridgehead atoms. The van der Waals surface area contributed by atoms with Gasteiger partial charge < -0.3 is 14.4 Å². The van der Waals surface area contributed by atoms with Gasteiger partial charge in [-0.1, -0.05) is 17.3 Å². The Morgan fingerprint density at radius 1 is 1.19 bits per heavy atom.